The number of amides is 2. The fourth-order valence-corrected chi connectivity index (χ4v) is 3.66. The summed E-state index contributed by atoms with van der Waals surface area (Å²) in [7, 11) is 0. The number of ether oxygens (including phenoxy) is 1. The summed E-state index contributed by atoms with van der Waals surface area (Å²) in [4.78, 5) is 27.1. The van der Waals surface area contributed by atoms with Crippen molar-refractivity contribution in [3.63, 3.8) is 0 Å². The van der Waals surface area contributed by atoms with Gasteiger partial charge in [-0.15, -0.1) is 0 Å². The SMILES string of the molecule is O=C(COc1ccccc1C(=O)N1CCC(Nc2ccccc2)C1)Nc1ccccc1F. The van der Waals surface area contributed by atoms with Gasteiger partial charge >= 0.3 is 0 Å². The van der Waals surface area contributed by atoms with Crippen LogP contribution >= 0.6 is 0 Å². The molecule has 0 spiro atoms. The highest BCUT2D eigenvalue weighted by Crippen LogP contribution is 2.23. The molecule has 7 heteroatoms. The summed E-state index contributed by atoms with van der Waals surface area (Å²) in [6.07, 6.45) is 0.842. The lowest BCUT2D eigenvalue weighted by molar-refractivity contribution is -0.118. The van der Waals surface area contributed by atoms with Gasteiger partial charge in [0.2, 0.25) is 0 Å². The standard InChI is InChI=1S/C25H24FN3O3/c26-21-11-5-6-12-22(21)28-24(30)17-32-23-13-7-4-10-20(23)25(31)29-15-14-19(16-29)27-18-8-2-1-3-9-18/h1-13,19,27H,14-17H2,(H,28,30). The number of benzene rings is 3. The molecule has 3 aromatic carbocycles. The van der Waals surface area contributed by atoms with Crippen molar-refractivity contribution < 1.29 is 18.7 Å². The molecule has 32 heavy (non-hydrogen) atoms. The smallest absolute Gasteiger partial charge is 0.262 e. The van der Waals surface area contributed by atoms with Crippen molar-refractivity contribution in [1.29, 1.82) is 0 Å². The minimum atomic E-state index is -0.524. The zero-order valence-corrected chi connectivity index (χ0v) is 17.5. The fraction of sp³-hybridized carbons (Fsp3) is 0.200. The van der Waals surface area contributed by atoms with E-state index < -0.39 is 11.7 Å². The summed E-state index contributed by atoms with van der Waals surface area (Å²) in [6.45, 7) is 0.873. The van der Waals surface area contributed by atoms with E-state index in [0.717, 1.165) is 12.1 Å². The molecule has 1 atom stereocenters. The molecule has 0 aromatic heterocycles. The molecule has 1 aliphatic rings. The average molecular weight is 433 g/mol. The minimum absolute atomic E-state index is 0.0829. The summed E-state index contributed by atoms with van der Waals surface area (Å²) in [5.74, 6) is -0.858. The quantitative estimate of drug-likeness (QED) is 0.587. The van der Waals surface area contributed by atoms with Crippen LogP contribution < -0.4 is 15.4 Å². The molecule has 3 aromatic rings. The van der Waals surface area contributed by atoms with E-state index in [1.807, 2.05) is 30.3 Å². The third-order valence-electron chi connectivity index (χ3n) is 5.24. The second kappa shape index (κ2) is 9.96. The van der Waals surface area contributed by atoms with Crippen LogP contribution in [0.15, 0.2) is 78.9 Å². The van der Waals surface area contributed by atoms with E-state index in [1.165, 1.54) is 12.1 Å². The number of carbonyl (C=O) groups is 2. The predicted octanol–water partition coefficient (Wildman–Crippen LogP) is 4.17. The van der Waals surface area contributed by atoms with Crippen molar-refractivity contribution in [3.8, 4) is 5.75 Å². The number of rotatable bonds is 7. The van der Waals surface area contributed by atoms with Gasteiger partial charge in [-0.25, -0.2) is 4.39 Å². The number of likely N-dealkylation sites (tertiary alicyclic amines) is 1. The predicted molar refractivity (Wildman–Crippen MR) is 121 cm³/mol. The third kappa shape index (κ3) is 5.24. The first kappa shape index (κ1) is 21.4. The highest BCUT2D eigenvalue weighted by molar-refractivity contribution is 5.97. The normalized spacial score (nSPS) is 15.3. The topological polar surface area (TPSA) is 70.7 Å². The first-order chi connectivity index (χ1) is 15.6. The van der Waals surface area contributed by atoms with Crippen molar-refractivity contribution in [2.75, 3.05) is 30.3 Å². The van der Waals surface area contributed by atoms with Crippen molar-refractivity contribution in [1.82, 2.24) is 4.90 Å². The number of hydrogen-bond acceptors (Lipinski definition) is 4. The van der Waals surface area contributed by atoms with Crippen LogP contribution in [0.4, 0.5) is 15.8 Å². The van der Waals surface area contributed by atoms with Gasteiger partial charge in [0.05, 0.1) is 11.3 Å². The summed E-state index contributed by atoms with van der Waals surface area (Å²) >= 11 is 0. The molecule has 1 heterocycles. The Morgan fingerprint density at radius 1 is 0.969 bits per heavy atom. The Bertz CT molecular complexity index is 1090. The van der Waals surface area contributed by atoms with Crippen molar-refractivity contribution in [2.24, 2.45) is 0 Å². The van der Waals surface area contributed by atoms with Gasteiger partial charge in [0, 0.05) is 24.8 Å². The summed E-state index contributed by atoms with van der Waals surface area (Å²) in [5.41, 5.74) is 1.50. The number of para-hydroxylation sites is 3. The van der Waals surface area contributed by atoms with E-state index in [9.17, 15) is 14.0 Å². The van der Waals surface area contributed by atoms with Crippen LogP contribution in [-0.2, 0) is 4.79 Å². The number of anilines is 2. The molecule has 0 saturated carbocycles. The van der Waals surface area contributed by atoms with Gasteiger partial charge in [-0.05, 0) is 42.8 Å². The lowest BCUT2D eigenvalue weighted by atomic mass is 10.1. The van der Waals surface area contributed by atoms with E-state index in [2.05, 4.69) is 10.6 Å². The Labute approximate surface area is 186 Å². The molecule has 4 rings (SSSR count). The maximum absolute atomic E-state index is 13.7. The molecule has 1 aliphatic heterocycles. The van der Waals surface area contributed by atoms with Crippen LogP contribution in [-0.4, -0.2) is 42.5 Å². The highest BCUT2D eigenvalue weighted by Gasteiger charge is 2.28. The van der Waals surface area contributed by atoms with E-state index in [4.69, 9.17) is 4.74 Å². The molecule has 0 aliphatic carbocycles. The molecule has 2 N–H and O–H groups in total. The Morgan fingerprint density at radius 3 is 2.50 bits per heavy atom. The molecule has 2 amide bonds. The average Bonchev–Trinajstić information content (AvgIpc) is 3.28. The molecule has 1 fully saturated rings. The van der Waals surface area contributed by atoms with Crippen molar-refractivity contribution in [2.45, 2.75) is 12.5 Å². The second-order valence-corrected chi connectivity index (χ2v) is 7.56. The largest absolute Gasteiger partial charge is 0.483 e. The fourth-order valence-electron chi connectivity index (χ4n) is 3.66. The van der Waals surface area contributed by atoms with Crippen LogP contribution in [0.3, 0.4) is 0 Å². The number of carbonyl (C=O) groups excluding carboxylic acids is 2. The van der Waals surface area contributed by atoms with Gasteiger partial charge < -0.3 is 20.3 Å². The zero-order chi connectivity index (χ0) is 22.3. The lowest BCUT2D eigenvalue weighted by Crippen LogP contribution is -2.32. The third-order valence-corrected chi connectivity index (χ3v) is 5.24. The lowest BCUT2D eigenvalue weighted by Gasteiger charge is -2.19. The van der Waals surface area contributed by atoms with Gasteiger partial charge in [0.25, 0.3) is 11.8 Å². The van der Waals surface area contributed by atoms with Crippen LogP contribution in [0.5, 0.6) is 5.75 Å². The van der Waals surface area contributed by atoms with Gasteiger partial charge in [-0.2, -0.15) is 0 Å². The molecule has 6 nitrogen and oxygen atoms in total. The Kier molecular flexibility index (Phi) is 6.65. The van der Waals surface area contributed by atoms with Crippen LogP contribution in [0.1, 0.15) is 16.8 Å². The van der Waals surface area contributed by atoms with Crippen LogP contribution in [0, 0.1) is 5.82 Å². The molecular weight excluding hydrogens is 409 g/mol. The van der Waals surface area contributed by atoms with Crippen molar-refractivity contribution >= 4 is 23.2 Å². The Morgan fingerprint density at radius 2 is 1.69 bits per heavy atom. The molecule has 164 valence electrons. The summed E-state index contributed by atoms with van der Waals surface area (Å²) in [6, 6.07) is 22.8. The van der Waals surface area contributed by atoms with Gasteiger partial charge in [-0.3, -0.25) is 9.59 Å². The molecule has 0 bridgehead atoms. The molecule has 1 saturated heterocycles. The van der Waals surface area contributed by atoms with E-state index >= 15 is 0 Å². The molecule has 1 unspecified atom stereocenters. The van der Waals surface area contributed by atoms with E-state index in [-0.39, 0.29) is 24.2 Å². The molecule has 0 radical (unpaired) electrons. The second-order valence-electron chi connectivity index (χ2n) is 7.56. The van der Waals surface area contributed by atoms with E-state index in [1.54, 1.807) is 41.3 Å². The monoisotopic (exact) mass is 433 g/mol. The van der Waals surface area contributed by atoms with Crippen molar-refractivity contribution in [3.05, 3.63) is 90.2 Å². The number of nitrogens with one attached hydrogen (secondary N) is 2. The van der Waals surface area contributed by atoms with Crippen LogP contribution in [0.25, 0.3) is 0 Å². The molecular formula is C25H24FN3O3. The number of nitrogens with zero attached hydrogens (tertiary/aromatic N) is 1. The number of hydrogen-bond donors (Lipinski definition) is 2. The van der Waals surface area contributed by atoms with Gasteiger partial charge in [-0.1, -0.05) is 42.5 Å². The number of halogens is 1. The first-order valence-corrected chi connectivity index (χ1v) is 10.5. The Balaban J connectivity index is 1.36. The van der Waals surface area contributed by atoms with Gasteiger partial charge in [0.15, 0.2) is 6.61 Å². The maximum Gasteiger partial charge on any atom is 0.262 e. The van der Waals surface area contributed by atoms with Gasteiger partial charge in [0.1, 0.15) is 11.6 Å². The maximum atomic E-state index is 13.7. The van der Waals surface area contributed by atoms with Crippen LogP contribution in [0.2, 0.25) is 0 Å². The Hall–Kier alpha value is -3.87. The zero-order valence-electron chi connectivity index (χ0n) is 17.5. The van der Waals surface area contributed by atoms with E-state index in [0.29, 0.717) is 24.4 Å². The first-order valence-electron chi connectivity index (χ1n) is 10.5. The summed E-state index contributed by atoms with van der Waals surface area (Å²) in [5, 5.41) is 5.92. The highest BCUT2D eigenvalue weighted by atomic mass is 19.1. The summed E-state index contributed by atoms with van der Waals surface area (Å²) < 4.78 is 19.3. The minimum Gasteiger partial charge on any atom is -0.483 e.